The van der Waals surface area contributed by atoms with Crippen molar-refractivity contribution in [3.63, 3.8) is 0 Å². The molecule has 1 nitrogen and oxygen atoms in total. The van der Waals surface area contributed by atoms with Crippen LogP contribution < -0.4 is 4.74 Å². The summed E-state index contributed by atoms with van der Waals surface area (Å²) >= 11 is 0. The molecule has 0 N–H and O–H groups in total. The van der Waals surface area contributed by atoms with E-state index >= 15 is 0 Å². The van der Waals surface area contributed by atoms with Gasteiger partial charge in [0.1, 0.15) is 12.4 Å². The maximum Gasteiger partial charge on any atom is 0.123 e. The van der Waals surface area contributed by atoms with E-state index in [0.717, 1.165) is 12.2 Å². The summed E-state index contributed by atoms with van der Waals surface area (Å²) < 4.78 is 5.81. The van der Waals surface area contributed by atoms with E-state index < -0.39 is 0 Å². The molecule has 1 rings (SSSR count). The Morgan fingerprint density at radius 1 is 1.25 bits per heavy atom. The fourth-order valence-corrected chi connectivity index (χ4v) is 1.30. The van der Waals surface area contributed by atoms with Crippen LogP contribution in [0.3, 0.4) is 0 Å². The first kappa shape index (κ1) is 12.6. The van der Waals surface area contributed by atoms with Crippen LogP contribution in [0.15, 0.2) is 48.1 Å². The van der Waals surface area contributed by atoms with Gasteiger partial charge in [-0.1, -0.05) is 29.8 Å². The molecule has 16 heavy (non-hydrogen) atoms. The minimum atomic E-state index is 0.663. The normalized spacial score (nSPS) is 9.69. The van der Waals surface area contributed by atoms with E-state index in [0.29, 0.717) is 6.61 Å². The van der Waals surface area contributed by atoms with Crippen molar-refractivity contribution in [2.24, 2.45) is 0 Å². The molecule has 0 saturated carbocycles. The Hall–Kier alpha value is -1.50. The van der Waals surface area contributed by atoms with Crippen molar-refractivity contribution in [3.05, 3.63) is 53.6 Å². The average molecular weight is 216 g/mol. The number of ether oxygens (including phenoxy) is 1. The van der Waals surface area contributed by atoms with Crippen molar-refractivity contribution in [1.82, 2.24) is 0 Å². The lowest BCUT2D eigenvalue weighted by atomic mass is 10.1. The molecular formula is C15H20O. The summed E-state index contributed by atoms with van der Waals surface area (Å²) in [6.07, 6.45) is 2.75. The van der Waals surface area contributed by atoms with E-state index in [1.165, 1.54) is 16.7 Å². The van der Waals surface area contributed by atoms with Crippen LogP contribution in [0.2, 0.25) is 0 Å². The van der Waals surface area contributed by atoms with Gasteiger partial charge < -0.3 is 4.74 Å². The summed E-state index contributed by atoms with van der Waals surface area (Å²) in [5.74, 6) is 0.961. The molecule has 0 atom stereocenters. The highest BCUT2D eigenvalue weighted by Crippen LogP contribution is 2.19. The third-order valence-electron chi connectivity index (χ3n) is 2.63. The van der Waals surface area contributed by atoms with Gasteiger partial charge in [-0.25, -0.2) is 0 Å². The van der Waals surface area contributed by atoms with Crippen molar-refractivity contribution < 1.29 is 4.74 Å². The number of allylic oxidation sites excluding steroid dienone is 2. The standard InChI is InChI=1S/C15H20O/c1-5-8-14-9-6-7-10-15(14)16-11-13(4)12(2)3/h5-7,9-10H,1,8,11H2,2-4H3. The maximum absolute atomic E-state index is 5.81. The fourth-order valence-electron chi connectivity index (χ4n) is 1.30. The van der Waals surface area contributed by atoms with Crippen LogP contribution in [0.4, 0.5) is 0 Å². The van der Waals surface area contributed by atoms with Gasteiger partial charge in [-0.2, -0.15) is 0 Å². The fraction of sp³-hybridized carbons (Fsp3) is 0.333. The highest BCUT2D eigenvalue weighted by atomic mass is 16.5. The first-order valence-corrected chi connectivity index (χ1v) is 5.59. The van der Waals surface area contributed by atoms with E-state index in [9.17, 15) is 0 Å². The smallest absolute Gasteiger partial charge is 0.123 e. The third kappa shape index (κ3) is 3.58. The van der Waals surface area contributed by atoms with Crippen LogP contribution in [-0.2, 0) is 6.42 Å². The Labute approximate surface area is 98.5 Å². The van der Waals surface area contributed by atoms with E-state index in [-0.39, 0.29) is 0 Å². The minimum absolute atomic E-state index is 0.663. The van der Waals surface area contributed by atoms with Crippen LogP contribution in [0.25, 0.3) is 0 Å². The lowest BCUT2D eigenvalue weighted by molar-refractivity contribution is 0.348. The Morgan fingerprint density at radius 2 is 1.94 bits per heavy atom. The van der Waals surface area contributed by atoms with Crippen molar-refractivity contribution in [3.8, 4) is 5.75 Å². The van der Waals surface area contributed by atoms with Crippen LogP contribution in [0.5, 0.6) is 5.75 Å². The molecule has 0 unspecified atom stereocenters. The number of benzene rings is 1. The number of hydrogen-bond donors (Lipinski definition) is 0. The van der Waals surface area contributed by atoms with Gasteiger partial charge in [-0.05, 0) is 44.4 Å². The van der Waals surface area contributed by atoms with Crippen LogP contribution in [-0.4, -0.2) is 6.61 Å². The molecule has 0 radical (unpaired) electrons. The van der Waals surface area contributed by atoms with E-state index in [2.05, 4.69) is 33.4 Å². The Bertz CT molecular complexity index is 384. The molecule has 0 heterocycles. The minimum Gasteiger partial charge on any atom is -0.489 e. The van der Waals surface area contributed by atoms with Gasteiger partial charge in [0.25, 0.3) is 0 Å². The lowest BCUT2D eigenvalue weighted by Crippen LogP contribution is -2.02. The largest absolute Gasteiger partial charge is 0.489 e. The monoisotopic (exact) mass is 216 g/mol. The lowest BCUT2D eigenvalue weighted by Gasteiger charge is -2.11. The summed E-state index contributed by atoms with van der Waals surface area (Å²) in [5.41, 5.74) is 3.80. The van der Waals surface area contributed by atoms with Gasteiger partial charge >= 0.3 is 0 Å². The number of rotatable bonds is 5. The Balaban J connectivity index is 2.73. The van der Waals surface area contributed by atoms with Gasteiger partial charge in [0.15, 0.2) is 0 Å². The van der Waals surface area contributed by atoms with Crippen LogP contribution in [0.1, 0.15) is 26.3 Å². The number of hydrogen-bond acceptors (Lipinski definition) is 1. The molecule has 0 aliphatic carbocycles. The Kier molecular flexibility index (Phi) is 4.84. The molecule has 0 saturated heterocycles. The summed E-state index contributed by atoms with van der Waals surface area (Å²) in [6, 6.07) is 8.12. The van der Waals surface area contributed by atoms with E-state index in [1.807, 2.05) is 24.3 Å². The highest BCUT2D eigenvalue weighted by molar-refractivity contribution is 5.35. The third-order valence-corrected chi connectivity index (χ3v) is 2.63. The molecule has 0 spiro atoms. The molecule has 0 amide bonds. The predicted octanol–water partition coefficient (Wildman–Crippen LogP) is 4.15. The average Bonchev–Trinajstić information content (AvgIpc) is 2.27. The van der Waals surface area contributed by atoms with Crippen LogP contribution in [0, 0.1) is 0 Å². The zero-order valence-electron chi connectivity index (χ0n) is 10.4. The maximum atomic E-state index is 5.81. The Morgan fingerprint density at radius 3 is 2.56 bits per heavy atom. The summed E-state index contributed by atoms with van der Waals surface area (Å²) in [4.78, 5) is 0. The highest BCUT2D eigenvalue weighted by Gasteiger charge is 2.01. The topological polar surface area (TPSA) is 9.23 Å². The first-order chi connectivity index (χ1) is 7.65. The second kappa shape index (κ2) is 6.16. The zero-order chi connectivity index (χ0) is 12.0. The molecule has 1 heteroatoms. The van der Waals surface area contributed by atoms with Crippen molar-refractivity contribution in [2.75, 3.05) is 6.61 Å². The van der Waals surface area contributed by atoms with Crippen LogP contribution >= 0.6 is 0 Å². The second-order valence-corrected chi connectivity index (χ2v) is 4.17. The number of para-hydroxylation sites is 1. The second-order valence-electron chi connectivity index (χ2n) is 4.17. The molecule has 0 aromatic heterocycles. The van der Waals surface area contributed by atoms with Crippen molar-refractivity contribution >= 4 is 0 Å². The van der Waals surface area contributed by atoms with Gasteiger partial charge in [0.05, 0.1) is 0 Å². The molecule has 0 fully saturated rings. The first-order valence-electron chi connectivity index (χ1n) is 5.59. The van der Waals surface area contributed by atoms with Gasteiger partial charge in [-0.15, -0.1) is 6.58 Å². The molecule has 86 valence electrons. The SMILES string of the molecule is C=CCc1ccccc1OCC(C)=C(C)C. The summed E-state index contributed by atoms with van der Waals surface area (Å²) in [6.45, 7) is 10.7. The quantitative estimate of drug-likeness (QED) is 0.672. The van der Waals surface area contributed by atoms with Gasteiger partial charge in [-0.3, -0.25) is 0 Å². The predicted molar refractivity (Wildman–Crippen MR) is 69.9 cm³/mol. The van der Waals surface area contributed by atoms with E-state index in [1.54, 1.807) is 0 Å². The molecule has 0 aliphatic heterocycles. The van der Waals surface area contributed by atoms with Crippen molar-refractivity contribution in [1.29, 1.82) is 0 Å². The van der Waals surface area contributed by atoms with Crippen molar-refractivity contribution in [2.45, 2.75) is 27.2 Å². The molecular weight excluding hydrogens is 196 g/mol. The molecule has 0 bridgehead atoms. The summed E-state index contributed by atoms with van der Waals surface area (Å²) in [5, 5.41) is 0. The summed E-state index contributed by atoms with van der Waals surface area (Å²) in [7, 11) is 0. The van der Waals surface area contributed by atoms with Gasteiger partial charge in [0, 0.05) is 0 Å². The molecule has 0 aliphatic rings. The molecule has 1 aromatic carbocycles. The van der Waals surface area contributed by atoms with E-state index in [4.69, 9.17) is 4.74 Å². The zero-order valence-corrected chi connectivity index (χ0v) is 10.4. The molecule has 1 aromatic rings. The van der Waals surface area contributed by atoms with Gasteiger partial charge in [0.2, 0.25) is 0 Å².